The first-order valence-electron chi connectivity index (χ1n) is 11.0. The molecule has 3 aromatic rings. The van der Waals surface area contributed by atoms with Gasteiger partial charge in [0.15, 0.2) is 0 Å². The number of anilines is 1. The Balaban J connectivity index is 1.40. The Morgan fingerprint density at radius 3 is 2.91 bits per heavy atom. The van der Waals surface area contributed by atoms with Gasteiger partial charge in [-0.05, 0) is 37.0 Å². The van der Waals surface area contributed by atoms with Crippen molar-refractivity contribution in [2.24, 2.45) is 0 Å². The van der Waals surface area contributed by atoms with Crippen LogP contribution in [0.15, 0.2) is 34.9 Å². The van der Waals surface area contributed by atoms with Crippen LogP contribution in [-0.2, 0) is 22.4 Å². The lowest BCUT2D eigenvalue weighted by Crippen LogP contribution is -2.33. The van der Waals surface area contributed by atoms with Crippen LogP contribution < -0.4 is 15.0 Å². The molecule has 0 bridgehead atoms. The van der Waals surface area contributed by atoms with Crippen LogP contribution in [0.4, 0.5) is 23.7 Å². The van der Waals surface area contributed by atoms with E-state index in [4.69, 9.17) is 9.15 Å². The molecule has 12 heteroatoms. The van der Waals surface area contributed by atoms with E-state index in [1.165, 1.54) is 18.1 Å². The molecule has 0 saturated carbocycles. The number of rotatable bonds is 5. The second-order valence-electron chi connectivity index (χ2n) is 8.38. The highest BCUT2D eigenvalue weighted by Crippen LogP contribution is 2.39. The number of carbonyl (C=O) groups excluding carboxylic acids is 2. The van der Waals surface area contributed by atoms with E-state index in [1.807, 2.05) is 18.2 Å². The zero-order valence-corrected chi connectivity index (χ0v) is 18.6. The summed E-state index contributed by atoms with van der Waals surface area (Å²) in [6.45, 7) is 1.96. The number of aryl methyl sites for hydroxylation is 1. The van der Waals surface area contributed by atoms with Gasteiger partial charge in [-0.2, -0.15) is 5.10 Å². The number of halogens is 3. The number of aromatic nitrogens is 2. The van der Waals surface area contributed by atoms with E-state index in [1.54, 1.807) is 0 Å². The number of H-pyrrole nitrogens is 1. The van der Waals surface area contributed by atoms with Gasteiger partial charge in [0.1, 0.15) is 12.4 Å². The van der Waals surface area contributed by atoms with Crippen molar-refractivity contribution in [3.05, 3.63) is 41.7 Å². The lowest BCUT2D eigenvalue weighted by molar-refractivity contribution is -0.280. The molecule has 5 rings (SSSR count). The van der Waals surface area contributed by atoms with Gasteiger partial charge in [0.25, 0.3) is 5.95 Å². The average molecular weight is 490 g/mol. The summed E-state index contributed by atoms with van der Waals surface area (Å²) < 4.78 is 51.6. The number of benzene rings is 1. The molecule has 35 heavy (non-hydrogen) atoms. The monoisotopic (exact) mass is 490 g/mol. The minimum Gasteiger partial charge on any atom is -0.442 e. The molecule has 1 aliphatic carbocycles. The van der Waals surface area contributed by atoms with Gasteiger partial charge in [-0.15, -0.1) is 13.2 Å². The van der Waals surface area contributed by atoms with Gasteiger partial charge in [0, 0.05) is 35.4 Å². The number of alkyl halides is 3. The molecule has 1 aromatic carbocycles. The Morgan fingerprint density at radius 1 is 1.31 bits per heavy atom. The van der Waals surface area contributed by atoms with Crippen molar-refractivity contribution < 1.29 is 36.7 Å². The fourth-order valence-electron chi connectivity index (χ4n) is 4.43. The van der Waals surface area contributed by atoms with Crippen LogP contribution in [0.3, 0.4) is 0 Å². The Hall–Kier alpha value is -3.96. The SMILES string of the molecule is CC(=O)NC[C@H]1CN(c2ccc3c(c2)CCCc2c(-c4coc(OC(F)(F)F)c4)n[nH]c2-3)C(=O)O1. The second kappa shape index (κ2) is 8.67. The van der Waals surface area contributed by atoms with Crippen LogP contribution in [0, 0.1) is 0 Å². The summed E-state index contributed by atoms with van der Waals surface area (Å²) in [5.41, 5.74) is 5.11. The normalized spacial score (nSPS) is 17.4. The first-order valence-corrected chi connectivity index (χ1v) is 11.0. The van der Waals surface area contributed by atoms with Crippen LogP contribution >= 0.6 is 0 Å². The number of aromatic amines is 1. The Labute approximate surface area is 197 Å². The van der Waals surface area contributed by atoms with E-state index < -0.39 is 24.5 Å². The number of ether oxygens (including phenoxy) is 2. The number of hydrogen-bond acceptors (Lipinski definition) is 6. The van der Waals surface area contributed by atoms with Gasteiger partial charge in [-0.3, -0.25) is 14.8 Å². The van der Waals surface area contributed by atoms with E-state index in [-0.39, 0.29) is 12.5 Å². The predicted molar refractivity (Wildman–Crippen MR) is 117 cm³/mol. The van der Waals surface area contributed by atoms with Crippen molar-refractivity contribution in [3.8, 4) is 28.5 Å². The molecule has 2 N–H and O–H groups in total. The zero-order chi connectivity index (χ0) is 24.7. The van der Waals surface area contributed by atoms with Gasteiger partial charge in [0.05, 0.1) is 24.5 Å². The molecule has 2 amide bonds. The number of hydrogen-bond donors (Lipinski definition) is 2. The Kier molecular flexibility index (Phi) is 5.65. The van der Waals surface area contributed by atoms with Gasteiger partial charge >= 0.3 is 12.5 Å². The highest BCUT2D eigenvalue weighted by molar-refractivity contribution is 5.91. The third kappa shape index (κ3) is 4.68. The third-order valence-corrected chi connectivity index (χ3v) is 5.93. The molecular formula is C23H21F3N4O5. The van der Waals surface area contributed by atoms with E-state index >= 15 is 0 Å². The van der Waals surface area contributed by atoms with E-state index in [0.717, 1.165) is 41.3 Å². The second-order valence-corrected chi connectivity index (χ2v) is 8.38. The van der Waals surface area contributed by atoms with Crippen LogP contribution in [-0.4, -0.2) is 47.8 Å². The van der Waals surface area contributed by atoms with Crippen molar-refractivity contribution in [1.82, 2.24) is 15.5 Å². The molecule has 0 unspecified atom stereocenters. The maximum Gasteiger partial charge on any atom is 0.575 e. The molecule has 3 heterocycles. The summed E-state index contributed by atoms with van der Waals surface area (Å²) in [5, 5.41) is 10.00. The van der Waals surface area contributed by atoms with E-state index in [0.29, 0.717) is 29.9 Å². The minimum atomic E-state index is -4.85. The fourth-order valence-corrected chi connectivity index (χ4v) is 4.43. The fraction of sp³-hybridized carbons (Fsp3) is 0.348. The molecule has 2 aliphatic rings. The Morgan fingerprint density at radius 2 is 2.14 bits per heavy atom. The van der Waals surface area contributed by atoms with E-state index in [2.05, 4.69) is 20.3 Å². The number of amides is 2. The summed E-state index contributed by atoms with van der Waals surface area (Å²) in [5.74, 6) is -0.851. The van der Waals surface area contributed by atoms with E-state index in [9.17, 15) is 22.8 Å². The van der Waals surface area contributed by atoms with Crippen LogP contribution in [0.1, 0.15) is 24.5 Å². The van der Waals surface area contributed by atoms with Crippen LogP contribution in [0.5, 0.6) is 5.95 Å². The quantitative estimate of drug-likeness (QED) is 0.555. The summed E-state index contributed by atoms with van der Waals surface area (Å²) in [4.78, 5) is 25.1. The van der Waals surface area contributed by atoms with Crippen LogP contribution in [0.25, 0.3) is 22.5 Å². The number of cyclic esters (lactones) is 1. The molecule has 1 saturated heterocycles. The van der Waals surface area contributed by atoms with Crippen LogP contribution in [0.2, 0.25) is 0 Å². The molecule has 0 radical (unpaired) electrons. The molecule has 2 aromatic heterocycles. The van der Waals surface area contributed by atoms with Gasteiger partial charge in [-0.25, -0.2) is 4.79 Å². The van der Waals surface area contributed by atoms with Crippen molar-refractivity contribution in [2.45, 2.75) is 38.7 Å². The maximum atomic E-state index is 12.5. The smallest absolute Gasteiger partial charge is 0.442 e. The standard InChI is InChI=1S/C23H21F3N4O5/c1-12(31)27-9-16-10-30(22(32)34-16)15-5-6-17-13(7-15)3-2-4-18-20(28-29-21(17)18)14-8-19(33-11-14)35-23(24,25)26/h5-8,11,16H,2-4,9-10H2,1H3,(H,27,31)(H,28,29)/t16-/m0/s1. The molecule has 1 aliphatic heterocycles. The molecule has 1 fully saturated rings. The van der Waals surface area contributed by atoms with Gasteiger partial charge in [-0.1, -0.05) is 6.07 Å². The largest absolute Gasteiger partial charge is 0.575 e. The number of nitrogens with zero attached hydrogens (tertiary/aromatic N) is 2. The highest BCUT2D eigenvalue weighted by atomic mass is 19.4. The van der Waals surface area contributed by atoms with Crippen molar-refractivity contribution in [2.75, 3.05) is 18.0 Å². The summed E-state index contributed by atoms with van der Waals surface area (Å²) in [6, 6.07) is 6.79. The molecular weight excluding hydrogens is 469 g/mol. The summed E-state index contributed by atoms with van der Waals surface area (Å²) >= 11 is 0. The molecule has 0 spiro atoms. The predicted octanol–water partition coefficient (Wildman–Crippen LogP) is 4.19. The van der Waals surface area contributed by atoms with Gasteiger partial charge in [0.2, 0.25) is 5.91 Å². The lowest BCUT2D eigenvalue weighted by Gasteiger charge is -2.16. The van der Waals surface area contributed by atoms with Crippen molar-refractivity contribution >= 4 is 17.7 Å². The molecule has 1 atom stereocenters. The first-order chi connectivity index (χ1) is 16.7. The minimum absolute atomic E-state index is 0.196. The average Bonchev–Trinajstić information content (AvgIpc) is 3.47. The number of nitrogens with one attached hydrogen (secondary N) is 2. The number of fused-ring (bicyclic) bond motifs is 3. The lowest BCUT2D eigenvalue weighted by atomic mass is 10.00. The highest BCUT2D eigenvalue weighted by Gasteiger charge is 2.34. The number of furan rings is 1. The topological polar surface area (TPSA) is 110 Å². The summed E-state index contributed by atoms with van der Waals surface area (Å²) in [6.07, 6.45) is -2.42. The first kappa shape index (κ1) is 22.8. The zero-order valence-electron chi connectivity index (χ0n) is 18.6. The summed E-state index contributed by atoms with van der Waals surface area (Å²) in [7, 11) is 0. The Bertz CT molecular complexity index is 1280. The number of carbonyl (C=O) groups is 2. The molecule has 184 valence electrons. The maximum absolute atomic E-state index is 12.5. The molecule has 9 nitrogen and oxygen atoms in total. The van der Waals surface area contributed by atoms with Gasteiger partial charge < -0.3 is 19.2 Å². The van der Waals surface area contributed by atoms with Crippen molar-refractivity contribution in [3.63, 3.8) is 0 Å². The van der Waals surface area contributed by atoms with Crippen molar-refractivity contribution in [1.29, 1.82) is 0 Å². The third-order valence-electron chi connectivity index (χ3n) is 5.93.